The maximum Gasteiger partial charge on any atom is 0.286 e. The smallest absolute Gasteiger partial charge is 0.286 e. The molecular weight excluding hydrogens is 434 g/mol. The normalized spacial score (nSPS) is 12.6. The molecule has 9 heteroatoms. The number of imide groups is 1. The van der Waals surface area contributed by atoms with Gasteiger partial charge >= 0.3 is 0 Å². The fourth-order valence-corrected chi connectivity index (χ4v) is 3.61. The predicted molar refractivity (Wildman–Crippen MR) is 118 cm³/mol. The van der Waals surface area contributed by atoms with Gasteiger partial charge < -0.3 is 15.1 Å². The Morgan fingerprint density at radius 2 is 1.69 bits per heavy atom. The van der Waals surface area contributed by atoms with Gasteiger partial charge in [-0.25, -0.2) is 4.90 Å². The molecule has 0 aliphatic carbocycles. The second kappa shape index (κ2) is 9.07. The lowest BCUT2D eigenvalue weighted by molar-refractivity contribution is -0.116. The molecule has 1 aliphatic rings. The highest BCUT2D eigenvalue weighted by atomic mass is 35.5. The Balaban J connectivity index is 1.33. The zero-order valence-corrected chi connectivity index (χ0v) is 17.5. The van der Waals surface area contributed by atoms with E-state index in [-0.39, 0.29) is 34.7 Å². The van der Waals surface area contributed by atoms with Gasteiger partial charge in [0, 0.05) is 18.7 Å². The Hall–Kier alpha value is -3.91. The number of carbonyl (C=O) groups excluding carboxylic acids is 4. The largest absolute Gasteiger partial charge is 0.459 e. The van der Waals surface area contributed by atoms with Crippen LogP contribution in [0.4, 0.5) is 11.4 Å². The maximum atomic E-state index is 12.6. The van der Waals surface area contributed by atoms with Crippen molar-refractivity contribution in [1.29, 1.82) is 0 Å². The van der Waals surface area contributed by atoms with Gasteiger partial charge in [-0.3, -0.25) is 19.2 Å². The summed E-state index contributed by atoms with van der Waals surface area (Å²) in [6, 6.07) is 14.3. The lowest BCUT2D eigenvalue weighted by Gasteiger charge is -2.16. The highest BCUT2D eigenvalue weighted by Crippen LogP contribution is 2.34. The van der Waals surface area contributed by atoms with Gasteiger partial charge in [0.1, 0.15) is 0 Å². The molecule has 0 radical (unpaired) electrons. The number of benzene rings is 2. The van der Waals surface area contributed by atoms with E-state index in [0.29, 0.717) is 29.8 Å². The number of furan rings is 1. The summed E-state index contributed by atoms with van der Waals surface area (Å²) in [6.07, 6.45) is 2.02. The number of halogens is 1. The van der Waals surface area contributed by atoms with Crippen molar-refractivity contribution in [2.24, 2.45) is 0 Å². The molecule has 0 spiro atoms. The number of hydrogen-bond donors (Lipinski definition) is 2. The number of hydrogen-bond acceptors (Lipinski definition) is 5. The third kappa shape index (κ3) is 4.26. The molecule has 4 rings (SSSR count). The number of nitrogens with one attached hydrogen (secondary N) is 2. The van der Waals surface area contributed by atoms with E-state index in [1.807, 2.05) is 0 Å². The van der Waals surface area contributed by atoms with Gasteiger partial charge in [0.15, 0.2) is 5.76 Å². The number of fused-ring (bicyclic) bond motifs is 1. The maximum absolute atomic E-state index is 12.6. The molecule has 3 aromatic rings. The molecule has 8 nitrogen and oxygen atoms in total. The van der Waals surface area contributed by atoms with Gasteiger partial charge in [-0.1, -0.05) is 23.7 Å². The Morgan fingerprint density at radius 1 is 0.969 bits per heavy atom. The van der Waals surface area contributed by atoms with E-state index in [1.165, 1.54) is 18.4 Å². The summed E-state index contributed by atoms with van der Waals surface area (Å²) in [4.78, 5) is 50.2. The average Bonchev–Trinajstić information content (AvgIpc) is 3.40. The monoisotopic (exact) mass is 451 g/mol. The van der Waals surface area contributed by atoms with Crippen molar-refractivity contribution in [2.75, 3.05) is 16.8 Å². The first kappa shape index (κ1) is 21.3. The average molecular weight is 452 g/mol. The molecule has 4 amide bonds. The van der Waals surface area contributed by atoms with Crippen LogP contribution in [-0.4, -0.2) is 30.2 Å². The van der Waals surface area contributed by atoms with E-state index in [1.54, 1.807) is 42.5 Å². The van der Waals surface area contributed by atoms with Crippen LogP contribution < -0.4 is 15.5 Å². The van der Waals surface area contributed by atoms with Gasteiger partial charge in [0.25, 0.3) is 17.7 Å². The molecule has 0 unspecified atom stereocenters. The molecule has 0 bridgehead atoms. The molecular formula is C23H18ClN3O5. The topological polar surface area (TPSA) is 109 Å². The van der Waals surface area contributed by atoms with Crippen molar-refractivity contribution >= 4 is 46.6 Å². The summed E-state index contributed by atoms with van der Waals surface area (Å²) in [5.41, 5.74) is 1.33. The predicted octanol–water partition coefficient (Wildman–Crippen LogP) is 3.88. The van der Waals surface area contributed by atoms with Gasteiger partial charge in [-0.05, 0) is 48.9 Å². The number of rotatable bonds is 7. The minimum Gasteiger partial charge on any atom is -0.459 e. The van der Waals surface area contributed by atoms with Crippen molar-refractivity contribution < 1.29 is 23.6 Å². The Morgan fingerprint density at radius 3 is 2.31 bits per heavy atom. The molecule has 2 heterocycles. The Labute approximate surface area is 188 Å². The first-order chi connectivity index (χ1) is 15.5. The third-order valence-electron chi connectivity index (χ3n) is 4.88. The van der Waals surface area contributed by atoms with Crippen LogP contribution in [0.25, 0.3) is 0 Å². The molecule has 1 aliphatic heterocycles. The van der Waals surface area contributed by atoms with Crippen molar-refractivity contribution in [3.63, 3.8) is 0 Å². The van der Waals surface area contributed by atoms with E-state index in [9.17, 15) is 19.2 Å². The number of nitrogens with zero attached hydrogens (tertiary/aromatic N) is 1. The van der Waals surface area contributed by atoms with Crippen LogP contribution in [-0.2, 0) is 4.79 Å². The SMILES string of the molecule is O=C(CCCNC(=O)c1ccco1)Nc1ccc(N2C(=O)c3ccccc3C2=O)c(Cl)c1. The zero-order valence-electron chi connectivity index (χ0n) is 16.8. The molecule has 2 aromatic carbocycles. The van der Waals surface area contributed by atoms with Crippen LogP contribution in [0.3, 0.4) is 0 Å². The van der Waals surface area contributed by atoms with E-state index in [4.69, 9.17) is 16.0 Å². The van der Waals surface area contributed by atoms with Crippen LogP contribution >= 0.6 is 11.6 Å². The van der Waals surface area contributed by atoms with Gasteiger partial charge in [0.05, 0.1) is 28.1 Å². The minimum absolute atomic E-state index is 0.156. The van der Waals surface area contributed by atoms with Crippen LogP contribution in [0, 0.1) is 0 Å². The molecule has 162 valence electrons. The lowest BCUT2D eigenvalue weighted by atomic mass is 10.1. The molecule has 32 heavy (non-hydrogen) atoms. The molecule has 0 fully saturated rings. The number of anilines is 2. The summed E-state index contributed by atoms with van der Waals surface area (Å²) >= 11 is 6.32. The van der Waals surface area contributed by atoms with E-state index in [2.05, 4.69) is 10.6 Å². The highest BCUT2D eigenvalue weighted by Gasteiger charge is 2.37. The summed E-state index contributed by atoms with van der Waals surface area (Å²) in [7, 11) is 0. The van der Waals surface area contributed by atoms with Crippen molar-refractivity contribution in [2.45, 2.75) is 12.8 Å². The summed E-state index contributed by atoms with van der Waals surface area (Å²) < 4.78 is 4.99. The summed E-state index contributed by atoms with van der Waals surface area (Å²) in [5, 5.41) is 5.53. The first-order valence-electron chi connectivity index (χ1n) is 9.84. The molecule has 0 atom stereocenters. The van der Waals surface area contributed by atoms with Crippen molar-refractivity contribution in [1.82, 2.24) is 5.32 Å². The molecule has 1 aromatic heterocycles. The fourth-order valence-electron chi connectivity index (χ4n) is 3.34. The lowest BCUT2D eigenvalue weighted by Crippen LogP contribution is -2.29. The molecule has 0 saturated heterocycles. The standard InChI is InChI=1S/C23H18ClN3O5/c24-17-13-14(26-20(28)8-3-11-25-21(29)19-7-4-12-32-19)9-10-18(17)27-22(30)15-5-1-2-6-16(15)23(27)31/h1-2,4-7,9-10,12-13H,3,8,11H2,(H,25,29)(H,26,28). The first-order valence-corrected chi connectivity index (χ1v) is 10.2. The van der Waals surface area contributed by atoms with E-state index >= 15 is 0 Å². The van der Waals surface area contributed by atoms with Gasteiger partial charge in [0.2, 0.25) is 5.91 Å². The fraction of sp³-hybridized carbons (Fsp3) is 0.130. The summed E-state index contributed by atoms with van der Waals surface area (Å²) in [5.74, 6) is -1.28. The summed E-state index contributed by atoms with van der Waals surface area (Å²) in [6.45, 7) is 0.312. The molecule has 2 N–H and O–H groups in total. The number of amides is 4. The third-order valence-corrected chi connectivity index (χ3v) is 5.18. The Bertz CT molecular complexity index is 1170. The van der Waals surface area contributed by atoms with Crippen LogP contribution in [0.5, 0.6) is 0 Å². The van der Waals surface area contributed by atoms with Crippen LogP contribution in [0.2, 0.25) is 5.02 Å². The second-order valence-electron chi connectivity index (χ2n) is 7.04. The molecule has 0 saturated carbocycles. The Kier molecular flexibility index (Phi) is 6.04. The minimum atomic E-state index is -0.444. The number of carbonyl (C=O) groups is 4. The van der Waals surface area contributed by atoms with Gasteiger partial charge in [-0.2, -0.15) is 0 Å². The zero-order chi connectivity index (χ0) is 22.7. The van der Waals surface area contributed by atoms with Crippen molar-refractivity contribution in [3.05, 3.63) is 82.8 Å². The van der Waals surface area contributed by atoms with E-state index < -0.39 is 11.8 Å². The highest BCUT2D eigenvalue weighted by molar-refractivity contribution is 6.40. The van der Waals surface area contributed by atoms with Crippen molar-refractivity contribution in [3.8, 4) is 0 Å². The van der Waals surface area contributed by atoms with Gasteiger partial charge in [-0.15, -0.1) is 0 Å². The second-order valence-corrected chi connectivity index (χ2v) is 7.45. The quantitative estimate of drug-likeness (QED) is 0.418. The van der Waals surface area contributed by atoms with Crippen LogP contribution in [0.1, 0.15) is 44.1 Å². The van der Waals surface area contributed by atoms with Crippen LogP contribution in [0.15, 0.2) is 65.3 Å². The van der Waals surface area contributed by atoms with E-state index in [0.717, 1.165) is 4.90 Å².